The highest BCUT2D eigenvalue weighted by molar-refractivity contribution is 5.85. The van der Waals surface area contributed by atoms with Crippen molar-refractivity contribution in [1.82, 2.24) is 5.32 Å². The summed E-state index contributed by atoms with van der Waals surface area (Å²) in [6.45, 7) is 8.01. The van der Waals surface area contributed by atoms with Crippen molar-refractivity contribution >= 4 is 11.9 Å². The largest absolute Gasteiger partial charge is 0.481 e. The Balaban J connectivity index is 2.63. The maximum absolute atomic E-state index is 11.9. The number of nitrogens with one attached hydrogen (secondary N) is 1. The van der Waals surface area contributed by atoms with Crippen LogP contribution in [-0.4, -0.2) is 23.5 Å². The van der Waals surface area contributed by atoms with Crippen LogP contribution in [0.5, 0.6) is 0 Å². The molecule has 3 atom stereocenters. The molecule has 1 aliphatic rings. The molecule has 0 aromatic rings. The minimum Gasteiger partial charge on any atom is -0.481 e. The van der Waals surface area contributed by atoms with Crippen molar-refractivity contribution in [3.8, 4) is 0 Å². The van der Waals surface area contributed by atoms with Crippen LogP contribution in [0.3, 0.4) is 0 Å². The number of carboxylic acid groups (broad SMARTS) is 1. The molecule has 4 heteroatoms. The fraction of sp³-hybridized carbons (Fsp3) is 0.692. The van der Waals surface area contributed by atoms with Gasteiger partial charge >= 0.3 is 5.97 Å². The van der Waals surface area contributed by atoms with Gasteiger partial charge in [0.05, 0.1) is 11.8 Å². The molecule has 0 heterocycles. The van der Waals surface area contributed by atoms with E-state index in [-0.39, 0.29) is 11.8 Å². The molecule has 2 N–H and O–H groups in total. The molecule has 0 aliphatic heterocycles. The van der Waals surface area contributed by atoms with Gasteiger partial charge in [-0.3, -0.25) is 9.59 Å². The summed E-state index contributed by atoms with van der Waals surface area (Å²) >= 11 is 0. The van der Waals surface area contributed by atoms with Crippen LogP contribution in [0.4, 0.5) is 0 Å². The highest BCUT2D eigenvalue weighted by Gasteiger charge is 2.41. The molecule has 17 heavy (non-hydrogen) atoms. The first-order valence-electron chi connectivity index (χ1n) is 6.10. The van der Waals surface area contributed by atoms with Gasteiger partial charge < -0.3 is 10.4 Å². The van der Waals surface area contributed by atoms with E-state index in [4.69, 9.17) is 5.11 Å². The Kier molecular flexibility index (Phi) is 4.73. The van der Waals surface area contributed by atoms with Crippen molar-refractivity contribution < 1.29 is 14.7 Å². The zero-order valence-corrected chi connectivity index (χ0v) is 10.5. The van der Waals surface area contributed by atoms with Gasteiger partial charge in [-0.2, -0.15) is 0 Å². The first-order valence-corrected chi connectivity index (χ1v) is 6.10. The van der Waals surface area contributed by atoms with E-state index in [1.807, 2.05) is 13.8 Å². The third-order valence-electron chi connectivity index (χ3n) is 3.46. The van der Waals surface area contributed by atoms with Gasteiger partial charge in [-0.05, 0) is 25.7 Å². The quantitative estimate of drug-likeness (QED) is 0.719. The molecule has 3 unspecified atom stereocenters. The molecule has 0 spiro atoms. The zero-order chi connectivity index (χ0) is 13.0. The van der Waals surface area contributed by atoms with Gasteiger partial charge in [0.2, 0.25) is 5.91 Å². The fourth-order valence-electron chi connectivity index (χ4n) is 2.41. The number of carbonyl (C=O) groups is 2. The standard InChI is InChI=1S/C13H21NO3/c1-4-9-5-10(11(6-9)13(16)17)12(15)14-7-8(2)3/h9-11H,2,4-7H2,1,3H3,(H,14,15)(H,16,17). The summed E-state index contributed by atoms with van der Waals surface area (Å²) in [5.41, 5.74) is 0.871. The van der Waals surface area contributed by atoms with Gasteiger partial charge in [0.15, 0.2) is 0 Å². The van der Waals surface area contributed by atoms with Gasteiger partial charge in [-0.25, -0.2) is 0 Å². The van der Waals surface area contributed by atoms with Gasteiger partial charge in [-0.15, -0.1) is 0 Å². The van der Waals surface area contributed by atoms with Crippen LogP contribution in [0.2, 0.25) is 0 Å². The van der Waals surface area contributed by atoms with Crippen molar-refractivity contribution in [3.05, 3.63) is 12.2 Å². The molecule has 1 saturated carbocycles. The first-order chi connectivity index (χ1) is 7.95. The summed E-state index contributed by atoms with van der Waals surface area (Å²) in [7, 11) is 0. The number of carboxylic acids is 1. The lowest BCUT2D eigenvalue weighted by Crippen LogP contribution is -2.35. The highest BCUT2D eigenvalue weighted by Crippen LogP contribution is 2.38. The summed E-state index contributed by atoms with van der Waals surface area (Å²) in [5, 5.41) is 11.9. The van der Waals surface area contributed by atoms with E-state index in [9.17, 15) is 9.59 Å². The van der Waals surface area contributed by atoms with E-state index >= 15 is 0 Å². The lowest BCUT2D eigenvalue weighted by Gasteiger charge is -2.15. The van der Waals surface area contributed by atoms with Gasteiger partial charge in [-0.1, -0.05) is 25.5 Å². The average Bonchev–Trinajstić information content (AvgIpc) is 2.69. The molecule has 0 aromatic carbocycles. The Hall–Kier alpha value is -1.32. The smallest absolute Gasteiger partial charge is 0.307 e. The number of hydrogen-bond donors (Lipinski definition) is 2. The Morgan fingerprint density at radius 3 is 2.41 bits per heavy atom. The minimum absolute atomic E-state index is 0.142. The molecule has 4 nitrogen and oxygen atoms in total. The Labute approximate surface area is 102 Å². The Morgan fingerprint density at radius 2 is 1.94 bits per heavy atom. The SMILES string of the molecule is C=C(C)CNC(=O)C1CC(CC)CC1C(=O)O. The predicted octanol–water partition coefficient (Wildman–Crippen LogP) is 1.82. The number of rotatable bonds is 5. The van der Waals surface area contributed by atoms with Crippen molar-refractivity contribution in [3.63, 3.8) is 0 Å². The van der Waals surface area contributed by atoms with Crippen LogP contribution >= 0.6 is 0 Å². The first kappa shape index (κ1) is 13.7. The number of carbonyl (C=O) groups excluding carboxylic acids is 1. The van der Waals surface area contributed by atoms with E-state index in [2.05, 4.69) is 11.9 Å². The van der Waals surface area contributed by atoms with Gasteiger partial charge in [0.25, 0.3) is 0 Å². The maximum Gasteiger partial charge on any atom is 0.307 e. The molecule has 0 saturated heterocycles. The van der Waals surface area contributed by atoms with Crippen LogP contribution in [0, 0.1) is 17.8 Å². The highest BCUT2D eigenvalue weighted by atomic mass is 16.4. The second kappa shape index (κ2) is 5.84. The van der Waals surface area contributed by atoms with Crippen molar-refractivity contribution in [1.29, 1.82) is 0 Å². The summed E-state index contributed by atoms with van der Waals surface area (Å²) in [4.78, 5) is 23.0. The van der Waals surface area contributed by atoms with E-state index < -0.39 is 11.9 Å². The Bertz CT molecular complexity index is 325. The van der Waals surface area contributed by atoms with Crippen molar-refractivity contribution in [2.75, 3.05) is 6.54 Å². The number of amides is 1. The Morgan fingerprint density at radius 1 is 1.35 bits per heavy atom. The lowest BCUT2D eigenvalue weighted by atomic mass is 9.95. The van der Waals surface area contributed by atoms with E-state index in [0.29, 0.717) is 25.3 Å². The fourth-order valence-corrected chi connectivity index (χ4v) is 2.41. The molecule has 96 valence electrons. The van der Waals surface area contributed by atoms with Crippen LogP contribution in [0.15, 0.2) is 12.2 Å². The summed E-state index contributed by atoms with van der Waals surface area (Å²) in [6.07, 6.45) is 2.25. The summed E-state index contributed by atoms with van der Waals surface area (Å²) in [6, 6.07) is 0. The minimum atomic E-state index is -0.851. The van der Waals surface area contributed by atoms with Crippen molar-refractivity contribution in [2.45, 2.75) is 33.1 Å². The van der Waals surface area contributed by atoms with Crippen molar-refractivity contribution in [2.24, 2.45) is 17.8 Å². The zero-order valence-electron chi connectivity index (χ0n) is 10.5. The molecule has 1 amide bonds. The number of aliphatic carboxylic acids is 1. The van der Waals surface area contributed by atoms with Gasteiger partial charge in [0.1, 0.15) is 0 Å². The van der Waals surface area contributed by atoms with E-state index in [1.54, 1.807) is 0 Å². The van der Waals surface area contributed by atoms with E-state index in [0.717, 1.165) is 12.0 Å². The molecule has 0 bridgehead atoms. The molecule has 1 fully saturated rings. The van der Waals surface area contributed by atoms with Crippen LogP contribution in [-0.2, 0) is 9.59 Å². The summed E-state index contributed by atoms with van der Waals surface area (Å²) < 4.78 is 0. The normalized spacial score (nSPS) is 27.8. The second-order valence-corrected chi connectivity index (χ2v) is 4.97. The molecule has 0 aromatic heterocycles. The third kappa shape index (κ3) is 3.58. The van der Waals surface area contributed by atoms with Crippen LogP contribution in [0.25, 0.3) is 0 Å². The monoisotopic (exact) mass is 239 g/mol. The second-order valence-electron chi connectivity index (χ2n) is 4.97. The van der Waals surface area contributed by atoms with Crippen LogP contribution < -0.4 is 5.32 Å². The molecule has 1 aliphatic carbocycles. The molecular formula is C13H21NO3. The number of hydrogen-bond acceptors (Lipinski definition) is 2. The van der Waals surface area contributed by atoms with Crippen LogP contribution in [0.1, 0.15) is 33.1 Å². The third-order valence-corrected chi connectivity index (χ3v) is 3.46. The van der Waals surface area contributed by atoms with Gasteiger partial charge in [0, 0.05) is 6.54 Å². The molecular weight excluding hydrogens is 218 g/mol. The predicted molar refractivity (Wildman–Crippen MR) is 65.5 cm³/mol. The molecule has 0 radical (unpaired) electrons. The molecule has 1 rings (SSSR count). The van der Waals surface area contributed by atoms with E-state index in [1.165, 1.54) is 0 Å². The summed E-state index contributed by atoms with van der Waals surface area (Å²) in [5.74, 6) is -1.54. The average molecular weight is 239 g/mol. The topological polar surface area (TPSA) is 66.4 Å². The lowest BCUT2D eigenvalue weighted by molar-refractivity contribution is -0.146. The maximum atomic E-state index is 11.9.